The number of nitrogens with zero attached hydrogens (tertiary/aromatic N) is 2. The quantitative estimate of drug-likeness (QED) is 0.379. The molecule has 0 amide bonds. The molecule has 102 valence electrons. The number of hydrogen-bond donors (Lipinski definition) is 2. The van der Waals surface area contributed by atoms with Gasteiger partial charge in [0, 0.05) is 6.20 Å². The van der Waals surface area contributed by atoms with Gasteiger partial charge >= 0.3 is 5.97 Å². The van der Waals surface area contributed by atoms with E-state index < -0.39 is 5.97 Å². The van der Waals surface area contributed by atoms with Crippen LogP contribution in [0, 0.1) is 11.3 Å². The van der Waals surface area contributed by atoms with Crippen molar-refractivity contribution in [1.82, 2.24) is 10.4 Å². The number of ether oxygens (including phenoxy) is 1. The van der Waals surface area contributed by atoms with Crippen LogP contribution in [0.5, 0.6) is 0 Å². The predicted molar refractivity (Wildman–Crippen MR) is 76.7 cm³/mol. The summed E-state index contributed by atoms with van der Waals surface area (Å²) in [6.07, 6.45) is 1.25. The maximum atomic E-state index is 11.4. The van der Waals surface area contributed by atoms with Crippen molar-refractivity contribution in [2.24, 2.45) is 0 Å². The van der Waals surface area contributed by atoms with Crippen molar-refractivity contribution in [3.05, 3.63) is 36.0 Å². The fraction of sp³-hybridized carbons (Fsp3) is 0.154. The van der Waals surface area contributed by atoms with E-state index in [2.05, 4.69) is 15.8 Å². The molecule has 0 saturated carbocycles. The van der Waals surface area contributed by atoms with Crippen molar-refractivity contribution in [2.45, 2.75) is 6.92 Å². The van der Waals surface area contributed by atoms with Gasteiger partial charge in [0.2, 0.25) is 5.13 Å². The highest BCUT2D eigenvalue weighted by molar-refractivity contribution is 7.22. The average Bonchev–Trinajstić information content (AvgIpc) is 2.86. The van der Waals surface area contributed by atoms with Gasteiger partial charge in [-0.25, -0.2) is 9.78 Å². The maximum absolute atomic E-state index is 11.4. The van der Waals surface area contributed by atoms with Gasteiger partial charge in [-0.2, -0.15) is 5.26 Å². The van der Waals surface area contributed by atoms with Gasteiger partial charge in [0.1, 0.15) is 6.07 Å². The van der Waals surface area contributed by atoms with Crippen molar-refractivity contribution < 1.29 is 9.53 Å². The van der Waals surface area contributed by atoms with Crippen molar-refractivity contribution in [1.29, 1.82) is 5.26 Å². The molecule has 1 aromatic carbocycles. The number of aromatic nitrogens is 1. The van der Waals surface area contributed by atoms with Crippen LogP contribution < -0.4 is 10.9 Å². The first-order chi connectivity index (χ1) is 9.74. The van der Waals surface area contributed by atoms with Gasteiger partial charge in [0.15, 0.2) is 5.57 Å². The van der Waals surface area contributed by atoms with Crippen molar-refractivity contribution in [2.75, 3.05) is 12.0 Å². The number of hydrazine groups is 1. The van der Waals surface area contributed by atoms with Gasteiger partial charge in [-0.05, 0) is 19.1 Å². The summed E-state index contributed by atoms with van der Waals surface area (Å²) in [5, 5.41) is 9.48. The van der Waals surface area contributed by atoms with Crippen LogP contribution in [0.4, 0.5) is 5.13 Å². The van der Waals surface area contributed by atoms with E-state index in [1.165, 1.54) is 17.5 Å². The van der Waals surface area contributed by atoms with Crippen LogP contribution in [0.25, 0.3) is 10.2 Å². The van der Waals surface area contributed by atoms with Crippen molar-refractivity contribution in [3.8, 4) is 6.07 Å². The second-order valence-electron chi connectivity index (χ2n) is 3.65. The van der Waals surface area contributed by atoms with E-state index in [0.717, 1.165) is 10.2 Å². The molecule has 2 N–H and O–H groups in total. The lowest BCUT2D eigenvalue weighted by Gasteiger charge is -2.02. The third-order valence-electron chi connectivity index (χ3n) is 2.31. The number of fused-ring (bicyclic) bond motifs is 1. The van der Waals surface area contributed by atoms with Crippen LogP contribution in [-0.4, -0.2) is 17.6 Å². The van der Waals surface area contributed by atoms with Gasteiger partial charge < -0.3 is 10.2 Å². The summed E-state index contributed by atoms with van der Waals surface area (Å²) in [7, 11) is 0. The maximum Gasteiger partial charge on any atom is 0.350 e. The zero-order valence-corrected chi connectivity index (χ0v) is 11.5. The molecule has 0 bridgehead atoms. The molecular formula is C13H12N4O2S. The SMILES string of the molecule is CCOC(=O)/C(C#N)=C/NNc1nc2ccccc2s1. The summed E-state index contributed by atoms with van der Waals surface area (Å²) in [5.41, 5.74) is 6.26. The second-order valence-corrected chi connectivity index (χ2v) is 4.68. The Hall–Kier alpha value is -2.59. The largest absolute Gasteiger partial charge is 0.462 e. The number of nitrogens with one attached hydrogen (secondary N) is 2. The Labute approximate surface area is 119 Å². The summed E-state index contributed by atoms with van der Waals surface area (Å²) < 4.78 is 5.78. The van der Waals surface area contributed by atoms with Crippen molar-refractivity contribution >= 4 is 32.7 Å². The number of hydrogen-bond acceptors (Lipinski definition) is 7. The highest BCUT2D eigenvalue weighted by Gasteiger charge is 2.09. The highest BCUT2D eigenvalue weighted by atomic mass is 32.1. The number of esters is 1. The monoisotopic (exact) mass is 288 g/mol. The van der Waals surface area contributed by atoms with E-state index in [4.69, 9.17) is 10.00 Å². The third-order valence-corrected chi connectivity index (χ3v) is 3.26. The van der Waals surface area contributed by atoms with Gasteiger partial charge in [-0.15, -0.1) is 0 Å². The Bertz CT molecular complexity index is 654. The third kappa shape index (κ3) is 3.24. The molecular weight excluding hydrogens is 276 g/mol. The minimum absolute atomic E-state index is 0.111. The molecule has 0 radical (unpaired) electrons. The number of benzene rings is 1. The van der Waals surface area contributed by atoms with Crippen LogP contribution in [0.3, 0.4) is 0 Å². The molecule has 0 spiro atoms. The number of rotatable bonds is 5. The summed E-state index contributed by atoms with van der Waals surface area (Å²) in [6.45, 7) is 1.91. The smallest absolute Gasteiger partial charge is 0.350 e. The molecule has 0 aliphatic carbocycles. The van der Waals surface area contributed by atoms with Gasteiger partial charge in [0.25, 0.3) is 0 Å². The van der Waals surface area contributed by atoms with Crippen LogP contribution in [-0.2, 0) is 9.53 Å². The Kier molecular flexibility index (Phi) is 4.52. The zero-order valence-electron chi connectivity index (χ0n) is 10.7. The Balaban J connectivity index is 2.01. The summed E-state index contributed by atoms with van der Waals surface area (Å²) in [4.78, 5) is 15.7. The minimum atomic E-state index is -0.659. The molecule has 0 aliphatic heterocycles. The second kappa shape index (κ2) is 6.54. The molecule has 6 nitrogen and oxygen atoms in total. The fourth-order valence-electron chi connectivity index (χ4n) is 1.44. The molecule has 1 heterocycles. The number of carbonyl (C=O) groups excluding carboxylic acids is 1. The number of nitriles is 1. The highest BCUT2D eigenvalue weighted by Crippen LogP contribution is 2.24. The van der Waals surface area contributed by atoms with Crippen LogP contribution >= 0.6 is 11.3 Å². The summed E-state index contributed by atoms with van der Waals surface area (Å²) in [6, 6.07) is 9.49. The first kappa shape index (κ1) is 13.8. The van der Waals surface area contributed by atoms with Crippen LogP contribution in [0.2, 0.25) is 0 Å². The lowest BCUT2D eigenvalue weighted by Crippen LogP contribution is -2.17. The average molecular weight is 288 g/mol. The lowest BCUT2D eigenvalue weighted by atomic mass is 10.3. The number of carbonyl (C=O) groups is 1. The van der Waals surface area contributed by atoms with E-state index in [1.807, 2.05) is 24.3 Å². The molecule has 7 heteroatoms. The standard InChI is InChI=1S/C13H12N4O2S/c1-2-19-12(18)9(7-14)8-15-17-13-16-10-5-3-4-6-11(10)20-13/h3-6,8,15H,2H2,1H3,(H,16,17)/b9-8+. The summed E-state index contributed by atoms with van der Waals surface area (Å²) >= 11 is 1.46. The Morgan fingerprint density at radius 1 is 1.55 bits per heavy atom. The molecule has 2 aromatic rings. The molecule has 0 unspecified atom stereocenters. The number of anilines is 1. The fourth-order valence-corrected chi connectivity index (χ4v) is 2.27. The molecule has 20 heavy (non-hydrogen) atoms. The predicted octanol–water partition coefficient (Wildman–Crippen LogP) is 2.18. The van der Waals surface area contributed by atoms with E-state index in [1.54, 1.807) is 13.0 Å². The first-order valence-electron chi connectivity index (χ1n) is 5.89. The van der Waals surface area contributed by atoms with E-state index in [-0.39, 0.29) is 12.2 Å². The zero-order chi connectivity index (χ0) is 14.4. The van der Waals surface area contributed by atoms with Crippen molar-refractivity contribution in [3.63, 3.8) is 0 Å². The Morgan fingerprint density at radius 3 is 3.05 bits per heavy atom. The molecule has 0 atom stereocenters. The van der Waals surface area contributed by atoms with Gasteiger partial charge in [0.05, 0.1) is 16.8 Å². The van der Waals surface area contributed by atoms with Crippen LogP contribution in [0.15, 0.2) is 36.0 Å². The normalized spacial score (nSPS) is 10.9. The first-order valence-corrected chi connectivity index (χ1v) is 6.70. The molecule has 0 saturated heterocycles. The molecule has 2 rings (SSSR count). The molecule has 1 aromatic heterocycles. The lowest BCUT2D eigenvalue weighted by molar-refractivity contribution is -0.138. The number of para-hydroxylation sites is 1. The Morgan fingerprint density at radius 2 is 2.35 bits per heavy atom. The van der Waals surface area contributed by atoms with Gasteiger partial charge in [-0.3, -0.25) is 5.43 Å². The van der Waals surface area contributed by atoms with E-state index >= 15 is 0 Å². The van der Waals surface area contributed by atoms with Crippen LogP contribution in [0.1, 0.15) is 6.92 Å². The summed E-state index contributed by atoms with van der Waals surface area (Å²) in [5.74, 6) is -0.659. The van der Waals surface area contributed by atoms with Gasteiger partial charge in [-0.1, -0.05) is 23.5 Å². The van der Waals surface area contributed by atoms with E-state index in [0.29, 0.717) is 5.13 Å². The minimum Gasteiger partial charge on any atom is -0.462 e. The molecule has 0 fully saturated rings. The topological polar surface area (TPSA) is 87.0 Å². The van der Waals surface area contributed by atoms with E-state index in [9.17, 15) is 4.79 Å². The molecule has 0 aliphatic rings. The number of thiazole rings is 1.